The van der Waals surface area contributed by atoms with Crippen molar-refractivity contribution in [1.82, 2.24) is 10.3 Å². The normalized spacial score (nSPS) is 13.5. The number of hydrogen-bond acceptors (Lipinski definition) is 4. The summed E-state index contributed by atoms with van der Waals surface area (Å²) in [6, 6.07) is 11.1. The lowest BCUT2D eigenvalue weighted by Crippen LogP contribution is -2.24. The first-order valence-electron chi connectivity index (χ1n) is 8.00. The first-order valence-corrected chi connectivity index (χ1v) is 8.00. The predicted molar refractivity (Wildman–Crippen MR) is 98.6 cm³/mol. The van der Waals surface area contributed by atoms with E-state index in [9.17, 15) is 9.59 Å². The molecule has 0 atom stereocenters. The summed E-state index contributed by atoms with van der Waals surface area (Å²) in [6.07, 6.45) is 3.11. The quantitative estimate of drug-likeness (QED) is 0.853. The molecule has 3 rings (SSSR count). The molecule has 0 radical (unpaired) electrons. The van der Waals surface area contributed by atoms with Crippen molar-refractivity contribution >= 4 is 29.9 Å². The average Bonchev–Trinajstić information content (AvgIpc) is 3.06. The number of benzene rings is 1. The van der Waals surface area contributed by atoms with Gasteiger partial charge in [-0.25, -0.2) is 0 Å². The Labute approximate surface area is 152 Å². The predicted octanol–water partition coefficient (Wildman–Crippen LogP) is 2.02. The molecule has 0 bridgehead atoms. The van der Waals surface area contributed by atoms with E-state index in [2.05, 4.69) is 10.3 Å². The van der Waals surface area contributed by atoms with Gasteiger partial charge in [0.2, 0.25) is 5.91 Å². The van der Waals surface area contributed by atoms with Gasteiger partial charge < -0.3 is 16.0 Å². The van der Waals surface area contributed by atoms with Crippen molar-refractivity contribution in [1.29, 1.82) is 0 Å². The number of carbonyl (C=O) groups excluding carboxylic acids is 2. The molecule has 3 N–H and O–H groups in total. The first kappa shape index (κ1) is 18.9. The second-order valence-electron chi connectivity index (χ2n) is 5.74. The van der Waals surface area contributed by atoms with Crippen LogP contribution in [0.4, 0.5) is 5.69 Å². The molecule has 1 aromatic heterocycles. The molecule has 0 aliphatic carbocycles. The Morgan fingerprint density at radius 2 is 2.00 bits per heavy atom. The topological polar surface area (TPSA) is 88.3 Å². The molecule has 7 heteroatoms. The smallest absolute Gasteiger partial charge is 0.251 e. The molecule has 25 heavy (non-hydrogen) atoms. The van der Waals surface area contributed by atoms with Gasteiger partial charge in [0, 0.05) is 43.5 Å². The van der Waals surface area contributed by atoms with E-state index in [0.29, 0.717) is 30.8 Å². The number of nitrogens with zero attached hydrogens (tertiary/aromatic N) is 2. The van der Waals surface area contributed by atoms with Gasteiger partial charge in [0.25, 0.3) is 5.91 Å². The molecule has 132 valence electrons. The highest BCUT2D eigenvalue weighted by molar-refractivity contribution is 5.95. The summed E-state index contributed by atoms with van der Waals surface area (Å²) in [7, 11) is 0. The van der Waals surface area contributed by atoms with Gasteiger partial charge in [-0.3, -0.25) is 14.6 Å². The fourth-order valence-electron chi connectivity index (χ4n) is 2.73. The Hall–Kier alpha value is -2.44. The van der Waals surface area contributed by atoms with Crippen LogP contribution < -0.4 is 16.0 Å². The van der Waals surface area contributed by atoms with Crippen LogP contribution >= 0.6 is 12.4 Å². The summed E-state index contributed by atoms with van der Waals surface area (Å²) in [4.78, 5) is 29.8. The largest absolute Gasteiger partial charge is 0.348 e. The van der Waals surface area contributed by atoms with Gasteiger partial charge in [-0.15, -0.1) is 12.4 Å². The van der Waals surface area contributed by atoms with E-state index < -0.39 is 0 Å². The highest BCUT2D eigenvalue weighted by atomic mass is 35.5. The molecule has 0 saturated carbocycles. The van der Waals surface area contributed by atoms with Gasteiger partial charge in [0.1, 0.15) is 0 Å². The number of hydrogen-bond donors (Lipinski definition) is 2. The highest BCUT2D eigenvalue weighted by Crippen LogP contribution is 2.21. The van der Waals surface area contributed by atoms with Gasteiger partial charge in [-0.05, 0) is 36.2 Å². The fraction of sp³-hybridized carbons (Fsp3) is 0.278. The highest BCUT2D eigenvalue weighted by Gasteiger charge is 2.21. The van der Waals surface area contributed by atoms with E-state index in [1.165, 1.54) is 0 Å². The third-order valence-electron chi connectivity index (χ3n) is 4.06. The molecule has 1 aliphatic heterocycles. The third-order valence-corrected chi connectivity index (χ3v) is 4.06. The summed E-state index contributed by atoms with van der Waals surface area (Å²) in [5.41, 5.74) is 8.66. The molecule has 1 saturated heterocycles. The second-order valence-corrected chi connectivity index (χ2v) is 5.74. The molecule has 6 nitrogen and oxygen atoms in total. The van der Waals surface area contributed by atoms with Gasteiger partial charge in [-0.2, -0.15) is 0 Å². The van der Waals surface area contributed by atoms with Crippen LogP contribution in [0.25, 0.3) is 0 Å². The minimum Gasteiger partial charge on any atom is -0.348 e. The minimum atomic E-state index is -0.161. The second kappa shape index (κ2) is 8.60. The van der Waals surface area contributed by atoms with Crippen LogP contribution in [0.3, 0.4) is 0 Å². The summed E-state index contributed by atoms with van der Waals surface area (Å²) in [5.74, 6) is 0.00958. The standard InChI is InChI=1S/C18H20N4O2.ClH/c19-11-15-10-14(7-8-20-15)18(24)21-12-13-3-5-16(6-4-13)22-9-1-2-17(22)23;/h3-8,10H,1-2,9,11-12,19H2,(H,21,24);1H. The Morgan fingerprint density at radius 3 is 2.64 bits per heavy atom. The number of pyridine rings is 1. The van der Waals surface area contributed by atoms with Crippen LogP contribution in [-0.2, 0) is 17.9 Å². The van der Waals surface area contributed by atoms with Crippen molar-refractivity contribution in [3.8, 4) is 0 Å². The fourth-order valence-corrected chi connectivity index (χ4v) is 2.73. The van der Waals surface area contributed by atoms with E-state index in [-0.39, 0.29) is 24.2 Å². The lowest BCUT2D eigenvalue weighted by Gasteiger charge is -2.16. The van der Waals surface area contributed by atoms with E-state index >= 15 is 0 Å². The summed E-state index contributed by atoms with van der Waals surface area (Å²) >= 11 is 0. The van der Waals surface area contributed by atoms with Gasteiger partial charge in [0.05, 0.1) is 5.69 Å². The molecule has 2 heterocycles. The van der Waals surface area contributed by atoms with E-state index in [4.69, 9.17) is 5.73 Å². The molecular formula is C18H21ClN4O2. The first-order chi connectivity index (χ1) is 11.7. The monoisotopic (exact) mass is 360 g/mol. The number of amides is 2. The van der Waals surface area contributed by atoms with Gasteiger partial charge in [-0.1, -0.05) is 12.1 Å². The molecule has 1 aliphatic rings. The molecule has 0 unspecified atom stereocenters. The van der Waals surface area contributed by atoms with Gasteiger partial charge >= 0.3 is 0 Å². The third kappa shape index (κ3) is 4.55. The van der Waals surface area contributed by atoms with Crippen LogP contribution in [0.15, 0.2) is 42.6 Å². The summed E-state index contributed by atoms with van der Waals surface area (Å²) in [5, 5.41) is 2.88. The van der Waals surface area contributed by atoms with Crippen molar-refractivity contribution in [3.63, 3.8) is 0 Å². The number of rotatable bonds is 5. The Morgan fingerprint density at radius 1 is 1.24 bits per heavy atom. The Balaban J connectivity index is 0.00000225. The van der Waals surface area contributed by atoms with Crippen molar-refractivity contribution in [2.24, 2.45) is 5.73 Å². The molecule has 1 fully saturated rings. The molecular weight excluding hydrogens is 340 g/mol. The van der Waals surface area contributed by atoms with Crippen LogP contribution in [-0.4, -0.2) is 23.3 Å². The van der Waals surface area contributed by atoms with Crippen LogP contribution in [0.2, 0.25) is 0 Å². The van der Waals surface area contributed by atoms with E-state index in [1.807, 2.05) is 24.3 Å². The minimum absolute atomic E-state index is 0. The number of anilines is 1. The number of aromatic nitrogens is 1. The van der Waals surface area contributed by atoms with Crippen LogP contribution in [0.1, 0.15) is 34.5 Å². The van der Waals surface area contributed by atoms with E-state index in [1.54, 1.807) is 23.2 Å². The van der Waals surface area contributed by atoms with Crippen molar-refractivity contribution in [3.05, 3.63) is 59.4 Å². The average molecular weight is 361 g/mol. The zero-order chi connectivity index (χ0) is 16.9. The summed E-state index contributed by atoms with van der Waals surface area (Å²) < 4.78 is 0. The van der Waals surface area contributed by atoms with Crippen molar-refractivity contribution in [2.45, 2.75) is 25.9 Å². The van der Waals surface area contributed by atoms with Crippen molar-refractivity contribution < 1.29 is 9.59 Å². The van der Waals surface area contributed by atoms with Crippen molar-refractivity contribution in [2.75, 3.05) is 11.4 Å². The maximum absolute atomic E-state index is 12.2. The van der Waals surface area contributed by atoms with E-state index in [0.717, 1.165) is 24.2 Å². The number of nitrogens with one attached hydrogen (secondary N) is 1. The molecule has 2 amide bonds. The lowest BCUT2D eigenvalue weighted by molar-refractivity contribution is -0.117. The number of halogens is 1. The van der Waals surface area contributed by atoms with Crippen LogP contribution in [0.5, 0.6) is 0 Å². The molecule has 1 aromatic carbocycles. The molecule has 0 spiro atoms. The van der Waals surface area contributed by atoms with Gasteiger partial charge in [0.15, 0.2) is 0 Å². The molecule has 2 aromatic rings. The SMILES string of the molecule is Cl.NCc1cc(C(=O)NCc2ccc(N3CCCC3=O)cc2)ccn1. The number of nitrogens with two attached hydrogens (primary N) is 1. The summed E-state index contributed by atoms with van der Waals surface area (Å²) in [6.45, 7) is 1.51. The maximum Gasteiger partial charge on any atom is 0.251 e. The van der Waals surface area contributed by atoms with Crippen LogP contribution in [0, 0.1) is 0 Å². The Kier molecular flexibility index (Phi) is 6.50. The zero-order valence-corrected chi connectivity index (χ0v) is 14.6. The zero-order valence-electron chi connectivity index (χ0n) is 13.8. The number of carbonyl (C=O) groups is 2. The lowest BCUT2D eigenvalue weighted by atomic mass is 10.1. The maximum atomic E-state index is 12.2. The Bertz CT molecular complexity index is 749.